The Morgan fingerprint density at radius 2 is 1.86 bits per heavy atom. The quantitative estimate of drug-likeness (QED) is 0.0881. The van der Waals surface area contributed by atoms with Gasteiger partial charge in [-0.1, -0.05) is 55.6 Å². The minimum absolute atomic E-state index is 0.0762. The number of hydrogen-bond donors (Lipinski definition) is 2. The summed E-state index contributed by atoms with van der Waals surface area (Å²) in [6.07, 6.45) is -2.14. The van der Waals surface area contributed by atoms with Crippen LogP contribution in [0.2, 0.25) is 10.0 Å². The Labute approximate surface area is 250 Å². The number of hydrogen-bond acceptors (Lipinski definition) is 5. The van der Waals surface area contributed by atoms with Crippen LogP contribution in [-0.4, -0.2) is 58.2 Å². The third kappa shape index (κ3) is 6.08. The lowest BCUT2D eigenvalue weighted by molar-refractivity contribution is -0.144. The van der Waals surface area contributed by atoms with Crippen molar-refractivity contribution in [2.75, 3.05) is 6.54 Å². The molecule has 4 rings (SSSR count). The molecule has 3 aliphatic rings. The number of carbonyl (C=O) groups is 3. The second-order valence-electron chi connectivity index (χ2n) is 11.7. The monoisotopic (exact) mass is 631 g/mol. The highest BCUT2D eigenvalue weighted by Gasteiger charge is 2.57. The Morgan fingerprint density at radius 1 is 1.19 bits per heavy atom. The molecule has 228 valence electrons. The van der Waals surface area contributed by atoms with Gasteiger partial charge in [-0.15, -0.1) is 0 Å². The van der Waals surface area contributed by atoms with Gasteiger partial charge in [0.2, 0.25) is 0 Å². The number of nitrogens with two attached hydrogens (primary N) is 1. The summed E-state index contributed by atoms with van der Waals surface area (Å²) in [5, 5.41) is 8.63. The van der Waals surface area contributed by atoms with Gasteiger partial charge in [-0.3, -0.25) is 19.4 Å². The first kappa shape index (κ1) is 32.0. The Hall–Kier alpha value is -2.92. The van der Waals surface area contributed by atoms with Crippen molar-refractivity contribution in [1.29, 1.82) is 0 Å². The van der Waals surface area contributed by atoms with Gasteiger partial charge in [-0.2, -0.15) is 13.2 Å². The van der Waals surface area contributed by atoms with E-state index in [-0.39, 0.29) is 41.2 Å². The highest BCUT2D eigenvalue weighted by molar-refractivity contribution is 6.40. The third-order valence-corrected chi connectivity index (χ3v) is 9.43. The second kappa shape index (κ2) is 11.6. The van der Waals surface area contributed by atoms with Crippen LogP contribution in [0.1, 0.15) is 56.8 Å². The van der Waals surface area contributed by atoms with Gasteiger partial charge in [0.15, 0.2) is 11.5 Å². The van der Waals surface area contributed by atoms with E-state index < -0.39 is 76.4 Å². The first-order valence-corrected chi connectivity index (χ1v) is 14.2. The van der Waals surface area contributed by atoms with Crippen molar-refractivity contribution in [2.24, 2.45) is 33.9 Å². The van der Waals surface area contributed by atoms with E-state index in [1.807, 2.05) is 13.8 Å². The van der Waals surface area contributed by atoms with Crippen molar-refractivity contribution >= 4 is 46.6 Å². The van der Waals surface area contributed by atoms with Gasteiger partial charge in [0.25, 0.3) is 5.91 Å². The van der Waals surface area contributed by atoms with Crippen LogP contribution in [-0.2, 0) is 9.59 Å². The summed E-state index contributed by atoms with van der Waals surface area (Å²) in [6, 6.07) is 0.456. The summed E-state index contributed by atoms with van der Waals surface area (Å²) in [6.45, 7) is 4.90. The molecule has 7 nitrogen and oxygen atoms in total. The molecule has 1 amide bonds. The summed E-state index contributed by atoms with van der Waals surface area (Å²) < 4.78 is 57.4. The van der Waals surface area contributed by atoms with E-state index in [1.54, 1.807) is 13.0 Å². The number of fused-ring (bicyclic) bond motifs is 1. The summed E-state index contributed by atoms with van der Waals surface area (Å²) in [5.41, 5.74) is 3.69. The first-order chi connectivity index (χ1) is 19.5. The number of Topliss-reactive ketones (excluding diaryl/α,β-unsaturated/α-hetero) is 1. The molecule has 42 heavy (non-hydrogen) atoms. The van der Waals surface area contributed by atoms with Crippen LogP contribution in [0.4, 0.5) is 17.6 Å². The number of alkyl halides is 3. The predicted molar refractivity (Wildman–Crippen MR) is 150 cm³/mol. The third-order valence-electron chi connectivity index (χ3n) is 8.75. The number of benzene rings is 1. The maximum atomic E-state index is 14.4. The number of carbonyl (C=O) groups excluding carboxylic acids is 2. The van der Waals surface area contributed by atoms with Gasteiger partial charge in [-0.25, -0.2) is 4.39 Å². The second-order valence-corrected chi connectivity index (χ2v) is 12.5. The lowest BCUT2D eigenvalue weighted by Gasteiger charge is -2.32. The molecule has 1 aromatic carbocycles. The SMILES string of the molecule is C[C@@H]1C[C@@H](N=C(C(=CN)C(=O)N(CC(=O)c2c(Cl)ccc(F)c2Cl)[C@H]2C=C3[C@H](C2)C3(C)C)C(F)(F)F)CC[C@@H]1C(=O)O. The standard InChI is InChI=1S/C29H31Cl2F4N3O4/c1-13-8-14(4-5-16(13)27(41)42)37-25(29(33,34)35)17(11-36)26(40)38(15-9-18-19(10-15)28(18,2)3)12-22(39)23-20(30)6-7-21(32)24(23)31/h6-7,9,11,13-16,19H,4-5,8,10,12,36H2,1-3H3,(H,41,42)/t13-,14+,15+,16+,19+/m1/s1. The Balaban J connectivity index is 1.70. The Bertz CT molecular complexity index is 1410. The average molecular weight is 632 g/mol. The van der Waals surface area contributed by atoms with E-state index >= 15 is 0 Å². The minimum atomic E-state index is -5.09. The van der Waals surface area contributed by atoms with Crippen molar-refractivity contribution in [1.82, 2.24) is 4.90 Å². The van der Waals surface area contributed by atoms with Crippen molar-refractivity contribution in [3.8, 4) is 0 Å². The molecule has 5 atom stereocenters. The summed E-state index contributed by atoms with van der Waals surface area (Å²) >= 11 is 12.1. The van der Waals surface area contributed by atoms with Gasteiger partial charge in [0, 0.05) is 6.20 Å². The Kier molecular flexibility index (Phi) is 8.87. The van der Waals surface area contributed by atoms with Crippen molar-refractivity contribution in [3.05, 3.63) is 57.0 Å². The fourth-order valence-corrected chi connectivity index (χ4v) is 6.83. The fraction of sp³-hybridized carbons (Fsp3) is 0.517. The lowest BCUT2D eigenvalue weighted by Crippen LogP contribution is -2.46. The number of ketones is 1. The Morgan fingerprint density at radius 3 is 2.38 bits per heavy atom. The van der Waals surface area contributed by atoms with Crippen LogP contribution in [0, 0.1) is 29.0 Å². The topological polar surface area (TPSA) is 113 Å². The zero-order valence-electron chi connectivity index (χ0n) is 23.1. The molecule has 0 aromatic heterocycles. The lowest BCUT2D eigenvalue weighted by atomic mass is 9.78. The van der Waals surface area contributed by atoms with E-state index in [2.05, 4.69) is 4.99 Å². The molecule has 0 aliphatic heterocycles. The highest BCUT2D eigenvalue weighted by Crippen LogP contribution is 2.64. The number of aliphatic carboxylic acids is 1. The normalized spacial score (nSPS) is 27.3. The number of carboxylic acids is 1. The van der Waals surface area contributed by atoms with Gasteiger partial charge in [0.05, 0.1) is 45.7 Å². The predicted octanol–water partition coefficient (Wildman–Crippen LogP) is 6.23. The number of nitrogens with zero attached hydrogens (tertiary/aromatic N) is 2. The minimum Gasteiger partial charge on any atom is -0.481 e. The van der Waals surface area contributed by atoms with Crippen LogP contribution < -0.4 is 5.73 Å². The van der Waals surface area contributed by atoms with E-state index in [0.29, 0.717) is 12.6 Å². The molecule has 0 unspecified atom stereocenters. The van der Waals surface area contributed by atoms with Crippen LogP contribution >= 0.6 is 23.2 Å². The molecule has 13 heteroatoms. The number of amides is 1. The van der Waals surface area contributed by atoms with Crippen LogP contribution in [0.15, 0.2) is 40.5 Å². The molecule has 0 radical (unpaired) electrons. The molecule has 2 fully saturated rings. The van der Waals surface area contributed by atoms with Gasteiger partial charge in [0.1, 0.15) is 5.82 Å². The van der Waals surface area contributed by atoms with Crippen molar-refractivity contribution in [2.45, 2.75) is 64.7 Å². The zero-order chi connectivity index (χ0) is 31.3. The van der Waals surface area contributed by atoms with Crippen LogP contribution in [0.3, 0.4) is 0 Å². The molecule has 0 saturated heterocycles. The van der Waals surface area contributed by atoms with Crippen LogP contribution in [0.25, 0.3) is 0 Å². The molecule has 3 aliphatic carbocycles. The molecule has 0 heterocycles. The van der Waals surface area contributed by atoms with E-state index in [0.717, 1.165) is 22.6 Å². The molecular formula is C29H31Cl2F4N3O4. The molecular weight excluding hydrogens is 601 g/mol. The van der Waals surface area contributed by atoms with E-state index in [4.69, 9.17) is 28.9 Å². The van der Waals surface area contributed by atoms with E-state index in [1.165, 1.54) is 0 Å². The van der Waals surface area contributed by atoms with Gasteiger partial charge in [-0.05, 0) is 55.1 Å². The zero-order valence-corrected chi connectivity index (χ0v) is 24.7. The molecule has 0 spiro atoms. The highest BCUT2D eigenvalue weighted by atomic mass is 35.5. The van der Waals surface area contributed by atoms with Gasteiger partial charge < -0.3 is 15.7 Å². The first-order valence-electron chi connectivity index (χ1n) is 13.5. The fourth-order valence-electron chi connectivity index (χ4n) is 6.25. The smallest absolute Gasteiger partial charge is 0.433 e. The molecule has 1 aromatic rings. The largest absolute Gasteiger partial charge is 0.481 e. The number of carboxylic acid groups (broad SMARTS) is 1. The van der Waals surface area contributed by atoms with Crippen molar-refractivity contribution < 1.29 is 37.1 Å². The summed E-state index contributed by atoms with van der Waals surface area (Å²) in [7, 11) is 0. The maximum absolute atomic E-state index is 14.4. The van der Waals surface area contributed by atoms with Gasteiger partial charge >= 0.3 is 12.1 Å². The van der Waals surface area contributed by atoms with Crippen molar-refractivity contribution in [3.63, 3.8) is 0 Å². The molecule has 0 bridgehead atoms. The maximum Gasteiger partial charge on any atom is 0.433 e. The molecule has 3 N–H and O–H groups in total. The summed E-state index contributed by atoms with van der Waals surface area (Å²) in [5.74, 6) is -5.04. The average Bonchev–Trinajstić information content (AvgIpc) is 3.20. The number of allylic oxidation sites excluding steroid dienone is 1. The number of aliphatic imine (C=N–C) groups is 1. The number of rotatable bonds is 8. The van der Waals surface area contributed by atoms with E-state index in [9.17, 15) is 37.1 Å². The number of halogens is 6. The summed E-state index contributed by atoms with van der Waals surface area (Å²) in [4.78, 5) is 43.5. The van der Waals surface area contributed by atoms with Crippen LogP contribution in [0.5, 0.6) is 0 Å². The molecule has 2 saturated carbocycles.